The van der Waals surface area contributed by atoms with Crippen molar-refractivity contribution in [2.75, 3.05) is 12.9 Å². The van der Waals surface area contributed by atoms with E-state index in [2.05, 4.69) is 10.1 Å². The molecule has 1 amide bonds. The van der Waals surface area contributed by atoms with Crippen LogP contribution >= 0.6 is 0 Å². The van der Waals surface area contributed by atoms with Gasteiger partial charge in [0.2, 0.25) is 5.91 Å². The Balaban J connectivity index is 2.00. The first-order chi connectivity index (χ1) is 13.7. The van der Waals surface area contributed by atoms with Crippen molar-refractivity contribution in [3.8, 4) is 0 Å². The fourth-order valence-corrected chi connectivity index (χ4v) is 3.74. The first-order valence-corrected chi connectivity index (χ1v) is 9.99. The summed E-state index contributed by atoms with van der Waals surface area (Å²) in [6, 6.07) is 12.0. The molecule has 0 aliphatic rings. The highest BCUT2D eigenvalue weighted by atomic mass is 32.2. The molecule has 0 aliphatic carbocycles. The minimum absolute atomic E-state index is 0.0580. The minimum Gasteiger partial charge on any atom is -0.467 e. The highest BCUT2D eigenvalue weighted by Crippen LogP contribution is 2.29. The lowest BCUT2D eigenvalue weighted by Gasteiger charge is -2.16. The van der Waals surface area contributed by atoms with Crippen LogP contribution in [0.15, 0.2) is 59.5 Å². The minimum atomic E-state index is -4.51. The number of halogens is 3. The number of hydrogen-bond acceptors (Lipinski definition) is 4. The average molecular weight is 427 g/mol. The van der Waals surface area contributed by atoms with Crippen LogP contribution < -0.4 is 5.32 Å². The summed E-state index contributed by atoms with van der Waals surface area (Å²) >= 11 is 0. The molecule has 5 nitrogen and oxygen atoms in total. The maximum atomic E-state index is 12.8. The molecule has 2 aromatic rings. The maximum absolute atomic E-state index is 12.8. The molecule has 0 unspecified atom stereocenters. The molecule has 0 heterocycles. The van der Waals surface area contributed by atoms with Gasteiger partial charge < -0.3 is 10.1 Å². The number of hydrogen-bond donors (Lipinski definition) is 1. The molecule has 0 saturated heterocycles. The smallest absolute Gasteiger partial charge is 0.416 e. The molecule has 0 bridgehead atoms. The predicted octanol–water partition coefficient (Wildman–Crippen LogP) is 3.10. The summed E-state index contributed by atoms with van der Waals surface area (Å²) in [5.74, 6) is -1.24. The highest BCUT2D eigenvalue weighted by molar-refractivity contribution is 7.85. The number of amides is 1. The van der Waals surface area contributed by atoms with Crippen LogP contribution in [0.2, 0.25) is 0 Å². The predicted molar refractivity (Wildman–Crippen MR) is 101 cm³/mol. The fraction of sp³-hybridized carbons (Fsp3) is 0.300. The van der Waals surface area contributed by atoms with E-state index in [0.29, 0.717) is 4.90 Å². The van der Waals surface area contributed by atoms with Crippen molar-refractivity contribution in [2.45, 2.75) is 30.0 Å². The summed E-state index contributed by atoms with van der Waals surface area (Å²) in [6.07, 6.45) is -4.79. The number of alkyl halides is 3. The number of ether oxygens (including phenoxy) is 1. The second-order valence-electron chi connectivity index (χ2n) is 6.17. The second-order valence-corrected chi connectivity index (χ2v) is 7.74. The largest absolute Gasteiger partial charge is 0.467 e. The Labute approximate surface area is 168 Å². The Morgan fingerprint density at radius 3 is 2.41 bits per heavy atom. The van der Waals surface area contributed by atoms with Crippen molar-refractivity contribution >= 4 is 22.7 Å². The summed E-state index contributed by atoms with van der Waals surface area (Å²) in [5, 5.41) is 2.45. The van der Waals surface area contributed by atoms with Gasteiger partial charge in [0.15, 0.2) is 0 Å². The fourth-order valence-electron chi connectivity index (χ4n) is 2.59. The zero-order chi connectivity index (χ0) is 21.4. The highest BCUT2D eigenvalue weighted by Gasteiger charge is 2.30. The zero-order valence-electron chi connectivity index (χ0n) is 15.6. The van der Waals surface area contributed by atoms with Gasteiger partial charge in [0.1, 0.15) is 6.04 Å². The van der Waals surface area contributed by atoms with Gasteiger partial charge in [-0.3, -0.25) is 9.00 Å². The topological polar surface area (TPSA) is 72.5 Å². The lowest BCUT2D eigenvalue weighted by atomic mass is 10.1. The Hall–Kier alpha value is -2.68. The lowest BCUT2D eigenvalue weighted by Crippen LogP contribution is -2.43. The van der Waals surface area contributed by atoms with Gasteiger partial charge in [-0.2, -0.15) is 13.2 Å². The molecule has 29 heavy (non-hydrogen) atoms. The van der Waals surface area contributed by atoms with Crippen LogP contribution in [-0.4, -0.2) is 35.0 Å². The van der Waals surface area contributed by atoms with E-state index in [1.54, 1.807) is 30.3 Å². The van der Waals surface area contributed by atoms with Crippen LogP contribution in [0.4, 0.5) is 13.2 Å². The van der Waals surface area contributed by atoms with Crippen molar-refractivity contribution in [1.29, 1.82) is 0 Å². The van der Waals surface area contributed by atoms with Gasteiger partial charge in [-0.05, 0) is 30.2 Å². The number of methoxy groups -OCH3 is 1. The van der Waals surface area contributed by atoms with Crippen molar-refractivity contribution in [1.82, 2.24) is 5.32 Å². The van der Waals surface area contributed by atoms with Crippen LogP contribution in [-0.2, 0) is 37.7 Å². The third-order valence-electron chi connectivity index (χ3n) is 4.04. The maximum Gasteiger partial charge on any atom is 0.416 e. The van der Waals surface area contributed by atoms with E-state index in [1.807, 2.05) is 0 Å². The van der Waals surface area contributed by atoms with Gasteiger partial charge in [0.25, 0.3) is 0 Å². The van der Waals surface area contributed by atoms with Crippen LogP contribution in [0.25, 0.3) is 0 Å². The van der Waals surface area contributed by atoms with Crippen molar-refractivity contribution in [3.63, 3.8) is 0 Å². The van der Waals surface area contributed by atoms with E-state index in [0.717, 1.165) is 19.2 Å². The Kier molecular flexibility index (Phi) is 7.95. The monoisotopic (exact) mass is 427 g/mol. The summed E-state index contributed by atoms with van der Waals surface area (Å²) in [5.41, 5.74) is -0.695. The molecular formula is C20H20F3NO4S. The summed E-state index contributed by atoms with van der Waals surface area (Å²) in [6.45, 7) is 0. The zero-order valence-corrected chi connectivity index (χ0v) is 16.4. The molecule has 2 atom stereocenters. The molecule has 0 saturated carbocycles. The van der Waals surface area contributed by atoms with Gasteiger partial charge >= 0.3 is 12.1 Å². The average Bonchev–Trinajstić information content (AvgIpc) is 2.70. The number of esters is 1. The lowest BCUT2D eigenvalue weighted by molar-refractivity contribution is -0.145. The van der Waals surface area contributed by atoms with E-state index in [-0.39, 0.29) is 24.2 Å². The molecule has 9 heteroatoms. The first-order valence-electron chi connectivity index (χ1n) is 8.67. The molecular weight excluding hydrogens is 407 g/mol. The molecule has 156 valence electrons. The quantitative estimate of drug-likeness (QED) is 0.657. The van der Waals surface area contributed by atoms with Crippen molar-refractivity contribution in [2.24, 2.45) is 0 Å². The number of carbonyl (C=O) groups excluding carboxylic acids is 2. The Bertz CT molecular complexity index is 872. The van der Waals surface area contributed by atoms with Gasteiger partial charge in [-0.1, -0.05) is 36.4 Å². The first kappa shape index (κ1) is 22.6. The van der Waals surface area contributed by atoms with Gasteiger partial charge in [0.05, 0.1) is 29.9 Å². The number of nitrogens with one attached hydrogen (secondary N) is 1. The molecule has 2 aromatic carbocycles. The molecule has 0 aliphatic heterocycles. The van der Waals surface area contributed by atoms with Crippen molar-refractivity contribution in [3.05, 3.63) is 65.7 Å². The molecule has 0 spiro atoms. The SMILES string of the molecule is COC(=O)[C@@H](CC[S@@](=O)c1ccccc1)NC(=O)Cc1cccc(C(F)(F)F)c1. The van der Waals surface area contributed by atoms with Crippen LogP contribution in [0, 0.1) is 0 Å². The molecule has 0 aromatic heterocycles. The van der Waals surface area contributed by atoms with Crippen molar-refractivity contribution < 1.29 is 31.7 Å². The molecule has 2 rings (SSSR count). The molecule has 1 N–H and O–H groups in total. The Morgan fingerprint density at radius 2 is 1.79 bits per heavy atom. The van der Waals surface area contributed by atoms with Crippen LogP contribution in [0.1, 0.15) is 17.5 Å². The number of carbonyl (C=O) groups is 2. The summed E-state index contributed by atoms with van der Waals surface area (Å²) in [4.78, 5) is 24.8. The molecule has 0 fully saturated rings. The summed E-state index contributed by atoms with van der Waals surface area (Å²) < 4.78 is 55.3. The standard InChI is InChI=1S/C20H20F3NO4S/c1-28-19(26)17(10-11-29(27)16-8-3-2-4-9-16)24-18(25)13-14-6-5-7-15(12-14)20(21,22)23/h2-9,12,17H,10-11,13H2,1H3,(H,24,25)/t17-,29-/m1/s1. The van der Waals surface area contributed by atoms with E-state index in [9.17, 15) is 27.0 Å². The van der Waals surface area contributed by atoms with Gasteiger partial charge in [-0.15, -0.1) is 0 Å². The van der Waals surface area contributed by atoms with Gasteiger partial charge in [0, 0.05) is 10.6 Å². The second kappa shape index (κ2) is 10.2. The number of rotatable bonds is 8. The van der Waals surface area contributed by atoms with Gasteiger partial charge in [-0.25, -0.2) is 4.79 Å². The van der Waals surface area contributed by atoms with E-state index >= 15 is 0 Å². The normalized spacial score (nSPS) is 13.4. The Morgan fingerprint density at radius 1 is 1.10 bits per heavy atom. The van der Waals surface area contributed by atoms with Crippen LogP contribution in [0.5, 0.6) is 0 Å². The van der Waals surface area contributed by atoms with E-state index in [4.69, 9.17) is 0 Å². The third kappa shape index (κ3) is 7.01. The summed E-state index contributed by atoms with van der Waals surface area (Å²) in [7, 11) is -0.217. The van der Waals surface area contributed by atoms with E-state index < -0.39 is 40.5 Å². The van der Waals surface area contributed by atoms with Crippen LogP contribution in [0.3, 0.4) is 0 Å². The van der Waals surface area contributed by atoms with E-state index in [1.165, 1.54) is 12.1 Å². The molecule has 0 radical (unpaired) electrons. The number of benzene rings is 2. The third-order valence-corrected chi connectivity index (χ3v) is 5.44.